The van der Waals surface area contributed by atoms with E-state index in [9.17, 15) is 0 Å². The van der Waals surface area contributed by atoms with Gasteiger partial charge < -0.3 is 4.72 Å². The highest BCUT2D eigenvalue weighted by atomic mass is 33.1. The Morgan fingerprint density at radius 2 is 1.50 bits per heavy atom. The van der Waals surface area contributed by atoms with Crippen LogP contribution in [0.2, 0.25) is 13.6 Å². The van der Waals surface area contributed by atoms with E-state index in [-0.39, 0.29) is 0 Å². The molecule has 0 atom stereocenters. The molecule has 0 aromatic carbocycles. The first-order chi connectivity index (χ1) is 3.72. The predicted octanol–water partition coefficient (Wildman–Crippen LogP) is 1.55. The number of hydrogen-bond donors (Lipinski definition) is 0. The molecule has 1 aliphatic rings. The topological polar surface area (TPSA) is 3.24 Å². The van der Waals surface area contributed by atoms with Gasteiger partial charge in [0.05, 0.1) is 0 Å². The SMILES string of the molecule is CB1SSB(C)N1C. The van der Waals surface area contributed by atoms with Gasteiger partial charge in [-0.15, -0.1) is 21.3 Å². The molecule has 0 bridgehead atoms. The second-order valence-electron chi connectivity index (χ2n) is 2.06. The van der Waals surface area contributed by atoms with Gasteiger partial charge in [0.1, 0.15) is 0 Å². The second-order valence-corrected chi connectivity index (χ2v) is 4.96. The highest BCUT2D eigenvalue weighted by Gasteiger charge is 2.31. The van der Waals surface area contributed by atoms with Crippen LogP contribution in [0.3, 0.4) is 0 Å². The molecule has 8 heavy (non-hydrogen) atoms. The molecule has 0 spiro atoms. The first kappa shape index (κ1) is 6.90. The van der Waals surface area contributed by atoms with Gasteiger partial charge in [0.2, 0.25) is 0 Å². The van der Waals surface area contributed by atoms with Gasteiger partial charge in [-0.25, -0.2) is 0 Å². The Labute approximate surface area is 59.4 Å². The summed E-state index contributed by atoms with van der Waals surface area (Å²) in [6.07, 6.45) is 1.41. The Morgan fingerprint density at radius 3 is 1.62 bits per heavy atom. The van der Waals surface area contributed by atoms with E-state index >= 15 is 0 Å². The number of nitrogens with zero attached hydrogens (tertiary/aromatic N) is 1. The van der Waals surface area contributed by atoms with Crippen molar-refractivity contribution in [2.24, 2.45) is 0 Å². The summed E-state index contributed by atoms with van der Waals surface area (Å²) in [6, 6.07) is 0. The largest absolute Gasteiger partial charge is 0.367 e. The van der Waals surface area contributed by atoms with Gasteiger partial charge in [-0.2, -0.15) is 0 Å². The molecule has 0 aromatic rings. The summed E-state index contributed by atoms with van der Waals surface area (Å²) in [7, 11) is 6.08. The van der Waals surface area contributed by atoms with Crippen LogP contribution in [0.25, 0.3) is 0 Å². The third kappa shape index (κ3) is 1.20. The molecule has 1 heterocycles. The number of rotatable bonds is 0. The van der Waals surface area contributed by atoms with E-state index < -0.39 is 0 Å². The summed E-state index contributed by atoms with van der Waals surface area (Å²) in [6.45, 7) is 4.47. The van der Waals surface area contributed by atoms with Crippen molar-refractivity contribution in [3.63, 3.8) is 0 Å². The van der Waals surface area contributed by atoms with Crippen molar-refractivity contribution < 1.29 is 0 Å². The Morgan fingerprint density at radius 1 is 1.12 bits per heavy atom. The third-order valence-electron chi connectivity index (χ3n) is 1.48. The Kier molecular flexibility index (Phi) is 2.23. The lowest BCUT2D eigenvalue weighted by atomic mass is 9.79. The smallest absolute Gasteiger partial charge is 0.289 e. The molecule has 0 aliphatic carbocycles. The van der Waals surface area contributed by atoms with Crippen LogP contribution in [-0.2, 0) is 0 Å². The van der Waals surface area contributed by atoms with Crippen molar-refractivity contribution in [3.8, 4) is 0 Å². The molecule has 1 rings (SSSR count). The van der Waals surface area contributed by atoms with E-state index in [1.54, 1.807) is 0 Å². The molecule has 0 N–H and O–H groups in total. The summed E-state index contributed by atoms with van der Waals surface area (Å²) in [5, 5.41) is 0. The van der Waals surface area contributed by atoms with Gasteiger partial charge in [0.25, 0.3) is 12.3 Å². The van der Waals surface area contributed by atoms with Crippen LogP contribution < -0.4 is 0 Å². The monoisotopic (exact) mass is 145 g/mol. The fourth-order valence-corrected chi connectivity index (χ4v) is 3.41. The van der Waals surface area contributed by atoms with E-state index in [0.29, 0.717) is 12.3 Å². The molecule has 1 nitrogen and oxygen atoms in total. The summed E-state index contributed by atoms with van der Waals surface area (Å²) >= 11 is 0. The first-order valence-electron chi connectivity index (χ1n) is 2.76. The van der Waals surface area contributed by atoms with Crippen LogP contribution >= 0.6 is 21.3 Å². The van der Waals surface area contributed by atoms with Crippen LogP contribution in [0.1, 0.15) is 0 Å². The maximum absolute atomic E-state index is 2.37. The maximum Gasteiger partial charge on any atom is 0.289 e. The molecule has 44 valence electrons. The zero-order chi connectivity index (χ0) is 6.15. The average Bonchev–Trinajstić information content (AvgIpc) is 1.98. The summed E-state index contributed by atoms with van der Waals surface area (Å²) < 4.78 is 2.37. The van der Waals surface area contributed by atoms with Crippen molar-refractivity contribution in [1.29, 1.82) is 0 Å². The van der Waals surface area contributed by atoms with Crippen LogP contribution in [0.4, 0.5) is 0 Å². The first-order valence-corrected chi connectivity index (χ1v) is 5.03. The highest BCUT2D eigenvalue weighted by Crippen LogP contribution is 2.36. The highest BCUT2D eigenvalue weighted by molar-refractivity contribution is 8.96. The van der Waals surface area contributed by atoms with Gasteiger partial charge in [0, 0.05) is 0 Å². The van der Waals surface area contributed by atoms with Crippen molar-refractivity contribution in [3.05, 3.63) is 0 Å². The van der Waals surface area contributed by atoms with Crippen molar-refractivity contribution in [1.82, 2.24) is 4.72 Å². The van der Waals surface area contributed by atoms with Gasteiger partial charge in [0.15, 0.2) is 0 Å². The summed E-state index contributed by atoms with van der Waals surface area (Å²) in [5.74, 6) is 0. The third-order valence-corrected chi connectivity index (χ3v) is 4.82. The minimum absolute atomic E-state index is 0.704. The van der Waals surface area contributed by atoms with Gasteiger partial charge in [-0.05, 0) is 7.05 Å². The normalized spacial score (nSPS) is 22.9. The van der Waals surface area contributed by atoms with Crippen LogP contribution in [-0.4, -0.2) is 24.0 Å². The molecule has 1 saturated heterocycles. The predicted molar refractivity (Wildman–Crippen MR) is 46.2 cm³/mol. The van der Waals surface area contributed by atoms with Crippen LogP contribution in [0.5, 0.6) is 0 Å². The Bertz CT molecular complexity index is 81.4. The van der Waals surface area contributed by atoms with Crippen molar-refractivity contribution >= 4 is 33.5 Å². The number of hydrogen-bond acceptors (Lipinski definition) is 3. The van der Waals surface area contributed by atoms with E-state index in [0.717, 1.165) is 0 Å². The molecule has 0 saturated carbocycles. The lowest BCUT2D eigenvalue weighted by molar-refractivity contribution is 0.844. The minimum atomic E-state index is 0.704. The van der Waals surface area contributed by atoms with E-state index in [1.165, 1.54) is 0 Å². The zero-order valence-electron chi connectivity index (χ0n) is 5.42. The second kappa shape index (κ2) is 2.58. The molecule has 1 aliphatic heterocycles. The average molecular weight is 145 g/mol. The molecular formula is C3H9B2NS2. The molecule has 0 radical (unpaired) electrons. The molecule has 0 unspecified atom stereocenters. The molecular weight excluding hydrogens is 136 g/mol. The quantitative estimate of drug-likeness (QED) is 0.376. The minimum Gasteiger partial charge on any atom is -0.367 e. The molecule has 0 aromatic heterocycles. The van der Waals surface area contributed by atoms with Gasteiger partial charge in [-0.1, -0.05) is 13.6 Å². The summed E-state index contributed by atoms with van der Waals surface area (Å²) in [5.41, 5.74) is 0. The Hall–Kier alpha value is 0.790. The molecule has 0 amide bonds. The van der Waals surface area contributed by atoms with Gasteiger partial charge in [-0.3, -0.25) is 0 Å². The molecule has 5 heteroatoms. The van der Waals surface area contributed by atoms with Crippen molar-refractivity contribution in [2.75, 3.05) is 7.05 Å². The van der Waals surface area contributed by atoms with E-state index in [2.05, 4.69) is 25.4 Å². The Balaban J connectivity index is 2.44. The van der Waals surface area contributed by atoms with E-state index in [1.807, 2.05) is 21.3 Å². The van der Waals surface area contributed by atoms with Crippen molar-refractivity contribution in [2.45, 2.75) is 13.6 Å². The fourth-order valence-electron chi connectivity index (χ4n) is 0.592. The fraction of sp³-hybridized carbons (Fsp3) is 1.00. The van der Waals surface area contributed by atoms with E-state index in [4.69, 9.17) is 0 Å². The molecule has 1 fully saturated rings. The standard InChI is InChI=1S/C3H9B2NS2/c1-4-6(3)5(2)8-7-4/h1-3H3. The van der Waals surface area contributed by atoms with Gasteiger partial charge >= 0.3 is 0 Å². The zero-order valence-corrected chi connectivity index (χ0v) is 7.05. The summed E-state index contributed by atoms with van der Waals surface area (Å²) in [4.78, 5) is 0. The maximum atomic E-state index is 2.37. The van der Waals surface area contributed by atoms with Crippen LogP contribution in [0.15, 0.2) is 0 Å². The van der Waals surface area contributed by atoms with Crippen LogP contribution in [0, 0.1) is 0 Å². The lowest BCUT2D eigenvalue weighted by Crippen LogP contribution is -2.33. The lowest BCUT2D eigenvalue weighted by Gasteiger charge is -2.11.